The molecular formula is C29H31N3O6S. The highest BCUT2D eigenvalue weighted by Crippen LogP contribution is 2.13. The highest BCUT2D eigenvalue weighted by atomic mass is 32.2. The van der Waals surface area contributed by atoms with E-state index in [0.717, 1.165) is 16.7 Å². The molecule has 3 rings (SSSR count). The number of benzene rings is 3. The highest BCUT2D eigenvalue weighted by molar-refractivity contribution is 7.98. The van der Waals surface area contributed by atoms with Gasteiger partial charge in [-0.2, -0.15) is 11.8 Å². The average molecular weight is 550 g/mol. The van der Waals surface area contributed by atoms with Crippen molar-refractivity contribution in [3.8, 4) is 0 Å². The second kappa shape index (κ2) is 16.5. The molecule has 0 aliphatic heterocycles. The quantitative estimate of drug-likeness (QED) is 0.264. The van der Waals surface area contributed by atoms with Gasteiger partial charge in [0.15, 0.2) is 0 Å². The molecule has 0 aliphatic rings. The van der Waals surface area contributed by atoms with Gasteiger partial charge in [-0.15, -0.1) is 0 Å². The highest BCUT2D eigenvalue weighted by Gasteiger charge is 2.22. The smallest absolute Gasteiger partial charge is 0.408 e. The van der Waals surface area contributed by atoms with Crippen molar-refractivity contribution in [3.05, 3.63) is 108 Å². The van der Waals surface area contributed by atoms with Crippen molar-refractivity contribution in [1.82, 2.24) is 16.0 Å². The van der Waals surface area contributed by atoms with Crippen LogP contribution in [0.2, 0.25) is 0 Å². The van der Waals surface area contributed by atoms with Gasteiger partial charge in [0.05, 0.1) is 6.54 Å². The summed E-state index contributed by atoms with van der Waals surface area (Å²) in [6.07, 6.45) is -0.745. The maximum Gasteiger partial charge on any atom is 0.408 e. The fraction of sp³-hybridized carbons (Fsp3) is 0.241. The number of nitrogens with one attached hydrogen (secondary N) is 3. The van der Waals surface area contributed by atoms with E-state index in [1.54, 1.807) is 0 Å². The lowest BCUT2D eigenvalue weighted by molar-refractivity contribution is -0.145. The van der Waals surface area contributed by atoms with Crippen LogP contribution in [-0.2, 0) is 42.8 Å². The first-order valence-corrected chi connectivity index (χ1v) is 13.5. The van der Waals surface area contributed by atoms with Crippen molar-refractivity contribution >= 4 is 35.6 Å². The first-order chi connectivity index (χ1) is 19.0. The van der Waals surface area contributed by atoms with Crippen LogP contribution < -0.4 is 16.0 Å². The summed E-state index contributed by atoms with van der Waals surface area (Å²) < 4.78 is 10.4. The summed E-state index contributed by atoms with van der Waals surface area (Å²) in [5, 5.41) is 7.50. The molecule has 39 heavy (non-hydrogen) atoms. The van der Waals surface area contributed by atoms with Crippen LogP contribution in [0.3, 0.4) is 0 Å². The third kappa shape index (κ3) is 11.7. The number of alkyl carbamates (subject to hydrolysis) is 1. The van der Waals surface area contributed by atoms with Gasteiger partial charge in [-0.3, -0.25) is 14.4 Å². The first-order valence-electron chi connectivity index (χ1n) is 12.3. The van der Waals surface area contributed by atoms with Crippen LogP contribution in [0.25, 0.3) is 0 Å². The number of hydrogen-bond donors (Lipinski definition) is 3. The molecule has 0 unspecified atom stereocenters. The lowest BCUT2D eigenvalue weighted by Crippen LogP contribution is -2.50. The standard InChI is InChI=1S/C29H31N3O6S/c33-26(30-17-27(34)37-18-22-10-4-1-5-11-22)16-31-28(35)25(21-39-20-24-14-8-3-9-15-24)32-29(36)38-19-23-12-6-2-7-13-23/h1-15,25H,16-21H2,(H,30,33)(H,31,35)(H,32,36)/t25-/m1/s1. The van der Waals surface area contributed by atoms with E-state index in [-0.39, 0.29) is 32.1 Å². The summed E-state index contributed by atoms with van der Waals surface area (Å²) >= 11 is 1.46. The number of thioether (sulfide) groups is 1. The number of amides is 3. The van der Waals surface area contributed by atoms with Gasteiger partial charge in [-0.1, -0.05) is 91.0 Å². The number of carbonyl (C=O) groups excluding carboxylic acids is 4. The molecule has 0 aromatic heterocycles. The Balaban J connectivity index is 1.44. The largest absolute Gasteiger partial charge is 0.460 e. The molecule has 3 amide bonds. The molecule has 3 aromatic carbocycles. The molecule has 0 saturated carbocycles. The Morgan fingerprint density at radius 2 is 1.21 bits per heavy atom. The molecule has 0 bridgehead atoms. The topological polar surface area (TPSA) is 123 Å². The molecule has 0 spiro atoms. The predicted molar refractivity (Wildman–Crippen MR) is 148 cm³/mol. The van der Waals surface area contributed by atoms with Gasteiger partial charge in [0.2, 0.25) is 11.8 Å². The second-order valence-electron chi connectivity index (χ2n) is 8.40. The number of hydrogen-bond acceptors (Lipinski definition) is 7. The zero-order valence-corrected chi connectivity index (χ0v) is 22.2. The molecular weight excluding hydrogens is 518 g/mol. The fourth-order valence-corrected chi connectivity index (χ4v) is 4.29. The average Bonchev–Trinajstić information content (AvgIpc) is 2.97. The molecule has 3 N–H and O–H groups in total. The van der Waals surface area contributed by atoms with E-state index >= 15 is 0 Å². The zero-order valence-electron chi connectivity index (χ0n) is 21.3. The molecule has 0 fully saturated rings. The van der Waals surface area contributed by atoms with Crippen LogP contribution in [0.4, 0.5) is 4.79 Å². The van der Waals surface area contributed by atoms with Crippen molar-refractivity contribution < 1.29 is 28.7 Å². The summed E-state index contributed by atoms with van der Waals surface area (Å²) in [5.41, 5.74) is 2.72. The van der Waals surface area contributed by atoms with E-state index in [1.165, 1.54) is 11.8 Å². The molecule has 10 heteroatoms. The van der Waals surface area contributed by atoms with Crippen molar-refractivity contribution in [1.29, 1.82) is 0 Å². The Bertz CT molecular complexity index is 1200. The summed E-state index contributed by atoms with van der Waals surface area (Å²) in [4.78, 5) is 49.3. The molecule has 9 nitrogen and oxygen atoms in total. The summed E-state index contributed by atoms with van der Waals surface area (Å²) in [7, 11) is 0. The maximum atomic E-state index is 12.8. The fourth-order valence-electron chi connectivity index (χ4n) is 3.27. The van der Waals surface area contributed by atoms with Crippen LogP contribution in [0.1, 0.15) is 16.7 Å². The van der Waals surface area contributed by atoms with E-state index < -0.39 is 29.9 Å². The Morgan fingerprint density at radius 3 is 1.79 bits per heavy atom. The van der Waals surface area contributed by atoms with Gasteiger partial charge in [-0.25, -0.2) is 4.79 Å². The minimum atomic E-state index is -0.939. The van der Waals surface area contributed by atoms with Crippen LogP contribution in [-0.4, -0.2) is 48.8 Å². The lowest BCUT2D eigenvalue weighted by atomic mass is 10.2. The van der Waals surface area contributed by atoms with Crippen molar-refractivity contribution in [2.24, 2.45) is 0 Å². The third-order valence-corrected chi connectivity index (χ3v) is 6.42. The molecule has 0 heterocycles. The second-order valence-corrected chi connectivity index (χ2v) is 9.43. The Hall–Kier alpha value is -4.31. The number of ether oxygens (including phenoxy) is 2. The summed E-state index contributed by atoms with van der Waals surface area (Å²) in [6.45, 7) is -0.547. The minimum absolute atomic E-state index is 0.0565. The van der Waals surface area contributed by atoms with E-state index in [9.17, 15) is 19.2 Å². The van der Waals surface area contributed by atoms with Gasteiger partial charge in [0.1, 0.15) is 25.8 Å². The molecule has 0 saturated heterocycles. The molecule has 0 radical (unpaired) electrons. The number of carbonyl (C=O) groups is 4. The molecule has 0 aliphatic carbocycles. The zero-order chi connectivity index (χ0) is 27.7. The van der Waals surface area contributed by atoms with E-state index in [1.807, 2.05) is 91.0 Å². The Morgan fingerprint density at radius 1 is 0.667 bits per heavy atom. The summed E-state index contributed by atoms with van der Waals surface area (Å²) in [5.74, 6) is -0.820. The van der Waals surface area contributed by atoms with Crippen LogP contribution >= 0.6 is 11.8 Å². The third-order valence-electron chi connectivity index (χ3n) is 5.31. The monoisotopic (exact) mass is 549 g/mol. The first kappa shape index (κ1) is 29.2. The minimum Gasteiger partial charge on any atom is -0.460 e. The van der Waals surface area contributed by atoms with Gasteiger partial charge in [0, 0.05) is 11.5 Å². The van der Waals surface area contributed by atoms with Gasteiger partial charge >= 0.3 is 12.1 Å². The van der Waals surface area contributed by atoms with Crippen LogP contribution in [0, 0.1) is 0 Å². The SMILES string of the molecule is O=C(CNC(=O)[C@@H](CSCc1ccccc1)NC(=O)OCc1ccccc1)NCC(=O)OCc1ccccc1. The van der Waals surface area contributed by atoms with Gasteiger partial charge in [-0.05, 0) is 16.7 Å². The van der Waals surface area contributed by atoms with Crippen molar-refractivity contribution in [2.75, 3.05) is 18.8 Å². The molecule has 3 aromatic rings. The predicted octanol–water partition coefficient (Wildman–Crippen LogP) is 3.19. The van der Waals surface area contributed by atoms with E-state index in [4.69, 9.17) is 9.47 Å². The van der Waals surface area contributed by atoms with E-state index in [2.05, 4.69) is 16.0 Å². The Labute approximate surface area is 231 Å². The van der Waals surface area contributed by atoms with Crippen molar-refractivity contribution in [2.45, 2.75) is 25.0 Å². The lowest BCUT2D eigenvalue weighted by Gasteiger charge is -2.18. The molecule has 1 atom stereocenters. The number of esters is 1. The summed E-state index contributed by atoms with van der Waals surface area (Å²) in [6, 6.07) is 27.1. The maximum absolute atomic E-state index is 12.8. The van der Waals surface area contributed by atoms with Crippen LogP contribution in [0.15, 0.2) is 91.0 Å². The number of rotatable bonds is 14. The van der Waals surface area contributed by atoms with Gasteiger partial charge in [0.25, 0.3) is 0 Å². The van der Waals surface area contributed by atoms with E-state index in [0.29, 0.717) is 5.75 Å². The van der Waals surface area contributed by atoms with Crippen LogP contribution in [0.5, 0.6) is 0 Å². The normalized spacial score (nSPS) is 11.1. The molecule has 204 valence electrons. The Kier molecular flexibility index (Phi) is 12.4. The van der Waals surface area contributed by atoms with Gasteiger partial charge < -0.3 is 25.4 Å². The van der Waals surface area contributed by atoms with Crippen molar-refractivity contribution in [3.63, 3.8) is 0 Å².